The highest BCUT2D eigenvalue weighted by Crippen LogP contribution is 2.21. The molecule has 1 aliphatic heterocycles. The molecule has 28 heavy (non-hydrogen) atoms. The second-order valence-corrected chi connectivity index (χ2v) is 6.39. The predicted octanol–water partition coefficient (Wildman–Crippen LogP) is 2.35. The molecule has 8 heteroatoms. The first-order chi connectivity index (χ1) is 13.7. The molecule has 0 bridgehead atoms. The Kier molecular flexibility index (Phi) is 5.22. The number of carboxylic acid groups (broad SMARTS) is 1. The van der Waals surface area contributed by atoms with E-state index in [1.807, 2.05) is 36.4 Å². The molecule has 4 rings (SSSR count). The van der Waals surface area contributed by atoms with Gasteiger partial charge in [0.15, 0.2) is 11.5 Å². The molecule has 1 saturated heterocycles. The molecule has 1 atom stereocenters. The SMILES string of the molecule is O=C(O)c1ccnc(-c2cccc(COc3ccc(C4CCNN4)nc3)c2)n1. The van der Waals surface area contributed by atoms with Crippen molar-refractivity contribution in [2.75, 3.05) is 6.54 Å². The molecule has 2 aromatic heterocycles. The average molecular weight is 377 g/mol. The van der Waals surface area contributed by atoms with Gasteiger partial charge in [0.05, 0.1) is 17.9 Å². The summed E-state index contributed by atoms with van der Waals surface area (Å²) in [6.45, 7) is 1.29. The van der Waals surface area contributed by atoms with Gasteiger partial charge in [0.25, 0.3) is 0 Å². The Hall–Kier alpha value is -3.36. The summed E-state index contributed by atoms with van der Waals surface area (Å²) in [6.07, 6.45) is 4.17. The second-order valence-electron chi connectivity index (χ2n) is 6.39. The van der Waals surface area contributed by atoms with Crippen LogP contribution >= 0.6 is 0 Å². The van der Waals surface area contributed by atoms with Gasteiger partial charge in [-0.15, -0.1) is 0 Å². The summed E-state index contributed by atoms with van der Waals surface area (Å²) in [4.78, 5) is 23.8. The zero-order chi connectivity index (χ0) is 19.3. The van der Waals surface area contributed by atoms with Crippen molar-refractivity contribution in [1.82, 2.24) is 25.8 Å². The van der Waals surface area contributed by atoms with Crippen molar-refractivity contribution in [3.63, 3.8) is 0 Å². The van der Waals surface area contributed by atoms with Crippen molar-refractivity contribution in [3.05, 3.63) is 71.8 Å². The van der Waals surface area contributed by atoms with E-state index in [1.54, 1.807) is 6.20 Å². The summed E-state index contributed by atoms with van der Waals surface area (Å²) in [5.74, 6) is -0.0302. The largest absolute Gasteiger partial charge is 0.487 e. The number of pyridine rings is 1. The van der Waals surface area contributed by atoms with E-state index in [4.69, 9.17) is 9.84 Å². The lowest BCUT2D eigenvalue weighted by atomic mass is 10.1. The Morgan fingerprint density at radius 3 is 2.89 bits per heavy atom. The first kappa shape index (κ1) is 18.0. The van der Waals surface area contributed by atoms with Crippen LogP contribution in [0.25, 0.3) is 11.4 Å². The molecule has 0 spiro atoms. The number of hydrazine groups is 1. The molecule has 1 unspecified atom stereocenters. The van der Waals surface area contributed by atoms with E-state index in [-0.39, 0.29) is 11.7 Å². The van der Waals surface area contributed by atoms with E-state index >= 15 is 0 Å². The maximum Gasteiger partial charge on any atom is 0.354 e. The summed E-state index contributed by atoms with van der Waals surface area (Å²) in [5, 5.41) is 9.09. The molecular formula is C20H19N5O3. The number of aromatic carboxylic acids is 1. The quantitative estimate of drug-likeness (QED) is 0.601. The van der Waals surface area contributed by atoms with Gasteiger partial charge in [0, 0.05) is 18.3 Å². The third-order valence-corrected chi connectivity index (χ3v) is 4.42. The fourth-order valence-corrected chi connectivity index (χ4v) is 2.97. The minimum absolute atomic E-state index is 0.0373. The van der Waals surface area contributed by atoms with Crippen LogP contribution in [-0.2, 0) is 6.61 Å². The molecule has 8 nitrogen and oxygen atoms in total. The van der Waals surface area contributed by atoms with Crippen molar-refractivity contribution in [2.45, 2.75) is 19.1 Å². The van der Waals surface area contributed by atoms with Crippen molar-refractivity contribution >= 4 is 5.97 Å². The molecule has 142 valence electrons. The summed E-state index contributed by atoms with van der Waals surface area (Å²) in [6, 6.07) is 13.0. The van der Waals surface area contributed by atoms with Crippen LogP contribution in [0, 0.1) is 0 Å². The number of rotatable bonds is 6. The van der Waals surface area contributed by atoms with Crippen LogP contribution in [0.15, 0.2) is 54.9 Å². The number of aromatic nitrogens is 3. The highest BCUT2D eigenvalue weighted by atomic mass is 16.5. The Morgan fingerprint density at radius 2 is 2.14 bits per heavy atom. The number of carbonyl (C=O) groups is 1. The normalized spacial score (nSPS) is 16.1. The summed E-state index contributed by atoms with van der Waals surface area (Å²) >= 11 is 0. The van der Waals surface area contributed by atoms with E-state index in [0.717, 1.165) is 29.8 Å². The zero-order valence-electron chi connectivity index (χ0n) is 15.0. The van der Waals surface area contributed by atoms with Gasteiger partial charge < -0.3 is 9.84 Å². The van der Waals surface area contributed by atoms with Crippen LogP contribution in [0.4, 0.5) is 0 Å². The summed E-state index contributed by atoms with van der Waals surface area (Å²) in [5.41, 5.74) is 8.88. The lowest BCUT2D eigenvalue weighted by Gasteiger charge is -2.11. The number of hydrogen-bond acceptors (Lipinski definition) is 7. The molecular weight excluding hydrogens is 358 g/mol. The second kappa shape index (κ2) is 8.12. The molecule has 3 heterocycles. The van der Waals surface area contributed by atoms with E-state index in [9.17, 15) is 4.79 Å². The molecule has 3 aromatic rings. The van der Waals surface area contributed by atoms with Gasteiger partial charge in [-0.05, 0) is 36.2 Å². The highest BCUT2D eigenvalue weighted by molar-refractivity contribution is 5.85. The Labute approximate surface area is 161 Å². The minimum Gasteiger partial charge on any atom is -0.487 e. The smallest absolute Gasteiger partial charge is 0.354 e. The van der Waals surface area contributed by atoms with E-state index in [2.05, 4.69) is 25.8 Å². The van der Waals surface area contributed by atoms with Gasteiger partial charge in [0.2, 0.25) is 0 Å². The van der Waals surface area contributed by atoms with Crippen molar-refractivity contribution in [1.29, 1.82) is 0 Å². The fourth-order valence-electron chi connectivity index (χ4n) is 2.97. The Bertz CT molecular complexity index is 972. The topological polar surface area (TPSA) is 109 Å². The van der Waals surface area contributed by atoms with Gasteiger partial charge in [-0.25, -0.2) is 20.2 Å². The molecule has 3 N–H and O–H groups in total. The average Bonchev–Trinajstić information content (AvgIpc) is 3.28. The van der Waals surface area contributed by atoms with E-state index in [1.165, 1.54) is 12.3 Å². The molecule has 1 aromatic carbocycles. The zero-order valence-corrected chi connectivity index (χ0v) is 15.0. The standard InChI is InChI=1S/C20H19N5O3/c26-20(27)18-6-8-21-19(24-18)14-3-1-2-13(10-14)12-28-15-4-5-16(22-11-15)17-7-9-23-25-17/h1-6,8,10-11,17,23,25H,7,9,12H2,(H,26,27). The van der Waals surface area contributed by atoms with Gasteiger partial charge in [-0.2, -0.15) is 0 Å². The van der Waals surface area contributed by atoms with Gasteiger partial charge in [0.1, 0.15) is 12.4 Å². The number of ether oxygens (including phenoxy) is 1. The third kappa shape index (κ3) is 4.13. The molecule has 1 fully saturated rings. The molecule has 1 aliphatic rings. The maximum atomic E-state index is 11.1. The molecule has 0 amide bonds. The number of hydrogen-bond donors (Lipinski definition) is 3. The minimum atomic E-state index is -1.08. The maximum absolute atomic E-state index is 11.1. The first-order valence-electron chi connectivity index (χ1n) is 8.92. The summed E-state index contributed by atoms with van der Waals surface area (Å²) < 4.78 is 5.83. The van der Waals surface area contributed by atoms with Gasteiger partial charge in [-0.1, -0.05) is 18.2 Å². The third-order valence-electron chi connectivity index (χ3n) is 4.42. The van der Waals surface area contributed by atoms with Crippen molar-refractivity contribution in [2.24, 2.45) is 0 Å². The number of benzene rings is 1. The predicted molar refractivity (Wildman–Crippen MR) is 101 cm³/mol. The molecule has 0 aliphatic carbocycles. The van der Waals surface area contributed by atoms with E-state index in [0.29, 0.717) is 18.2 Å². The monoisotopic (exact) mass is 377 g/mol. The highest BCUT2D eigenvalue weighted by Gasteiger charge is 2.16. The van der Waals surface area contributed by atoms with Gasteiger partial charge in [-0.3, -0.25) is 10.4 Å². The Morgan fingerprint density at radius 1 is 1.21 bits per heavy atom. The number of nitrogens with one attached hydrogen (secondary N) is 2. The summed E-state index contributed by atoms with van der Waals surface area (Å²) in [7, 11) is 0. The molecule has 0 saturated carbocycles. The number of carboxylic acids is 1. The van der Waals surface area contributed by atoms with Crippen LogP contribution in [0.5, 0.6) is 5.75 Å². The number of nitrogens with zero attached hydrogens (tertiary/aromatic N) is 3. The van der Waals surface area contributed by atoms with Crippen molar-refractivity contribution < 1.29 is 14.6 Å². The van der Waals surface area contributed by atoms with Crippen LogP contribution in [0.1, 0.15) is 34.2 Å². The van der Waals surface area contributed by atoms with Crippen LogP contribution in [-0.4, -0.2) is 32.6 Å². The first-order valence-corrected chi connectivity index (χ1v) is 8.92. The lowest BCUT2D eigenvalue weighted by molar-refractivity contribution is 0.0690. The lowest BCUT2D eigenvalue weighted by Crippen LogP contribution is -2.25. The van der Waals surface area contributed by atoms with Crippen LogP contribution in [0.3, 0.4) is 0 Å². The van der Waals surface area contributed by atoms with Crippen LogP contribution in [0.2, 0.25) is 0 Å². The van der Waals surface area contributed by atoms with E-state index < -0.39 is 5.97 Å². The van der Waals surface area contributed by atoms with Gasteiger partial charge >= 0.3 is 5.97 Å². The van der Waals surface area contributed by atoms with Crippen molar-refractivity contribution in [3.8, 4) is 17.1 Å². The Balaban J connectivity index is 1.43. The van der Waals surface area contributed by atoms with Crippen LogP contribution < -0.4 is 15.6 Å². The fraction of sp³-hybridized carbons (Fsp3) is 0.200. The molecule has 0 radical (unpaired) electrons.